The lowest BCUT2D eigenvalue weighted by atomic mass is 10.00. The van der Waals surface area contributed by atoms with Crippen molar-refractivity contribution in [3.05, 3.63) is 111 Å². The van der Waals surface area contributed by atoms with Gasteiger partial charge in [-0.2, -0.15) is 0 Å². The molecule has 18 nitrogen and oxygen atoms in total. The molecule has 1 saturated heterocycles. The maximum Gasteiger partial charge on any atom is 0.335 e. The fourth-order valence-electron chi connectivity index (χ4n) is 7.13. The summed E-state index contributed by atoms with van der Waals surface area (Å²) >= 11 is 1.94. The summed E-state index contributed by atoms with van der Waals surface area (Å²) in [6.07, 6.45) is 0.556. The smallest absolute Gasteiger partial charge is 0.335 e. The molecule has 1 aliphatic rings. The van der Waals surface area contributed by atoms with Gasteiger partial charge in [0.2, 0.25) is 29.5 Å². The van der Waals surface area contributed by atoms with Crippen LogP contribution in [0.2, 0.25) is 0 Å². The van der Waals surface area contributed by atoms with E-state index in [2.05, 4.69) is 36.9 Å². The van der Waals surface area contributed by atoms with Gasteiger partial charge in [0.15, 0.2) is 5.96 Å². The van der Waals surface area contributed by atoms with Crippen LogP contribution >= 0.6 is 22.6 Å². The molecule has 10 N–H and O–H groups in total. The van der Waals surface area contributed by atoms with Crippen molar-refractivity contribution in [1.82, 2.24) is 36.8 Å². The standard InChI is InChI=1S/C45H52IN9O9/c1-48-45(47)50-20-5-9-33-41(60)54-34(23-26-11-13-28-7-3-4-8-31(28)21-26)40(59)51-25-38(57)52-35(24-27-12-18-37(56)32(46)22-27)43(62)55(2)36(42(61)53-33)10-6-19-49-39(58)29-14-16-30(17-15-29)44(63)64/h3-4,7-8,11-18,21-22,33-36,56H,5-6,9-10,19-20,23-25H2,1-2H3,(H,49,58)(H,51,59)(H,52,57)(H,53,61)(H,54,60)(H,63,64)(H3,47,48,50)/t33-,34-,35+,36+/m0/s1. The van der Waals surface area contributed by atoms with Crippen LogP contribution < -0.4 is 37.6 Å². The van der Waals surface area contributed by atoms with Crippen molar-refractivity contribution in [2.75, 3.05) is 33.7 Å². The lowest BCUT2D eigenvalue weighted by molar-refractivity contribution is -0.142. The Kier molecular flexibility index (Phi) is 17.4. The van der Waals surface area contributed by atoms with E-state index in [-0.39, 0.29) is 68.0 Å². The highest BCUT2D eigenvalue weighted by atomic mass is 127. The Bertz CT molecular complexity index is 2390. The molecular weight excluding hydrogens is 937 g/mol. The second kappa shape index (κ2) is 23.1. The molecule has 0 unspecified atom stereocenters. The number of aromatic carboxylic acids is 1. The predicted octanol–water partition coefficient (Wildman–Crippen LogP) is 1.57. The van der Waals surface area contributed by atoms with Crippen LogP contribution in [0, 0.1) is 3.57 Å². The Morgan fingerprint density at radius 2 is 1.39 bits per heavy atom. The Morgan fingerprint density at radius 1 is 0.766 bits per heavy atom. The zero-order chi connectivity index (χ0) is 46.3. The van der Waals surface area contributed by atoms with E-state index >= 15 is 0 Å². The van der Waals surface area contributed by atoms with Crippen molar-refractivity contribution >= 4 is 80.7 Å². The Hall–Kier alpha value is -6.77. The molecule has 0 spiro atoms. The number of guanidine groups is 1. The molecule has 4 atom stereocenters. The number of fused-ring (bicyclic) bond motifs is 1. The number of hydrogen-bond acceptors (Lipinski definition) is 9. The summed E-state index contributed by atoms with van der Waals surface area (Å²) in [5.41, 5.74) is 7.36. The summed E-state index contributed by atoms with van der Waals surface area (Å²) in [4.78, 5) is 100.0. The number of nitrogens with two attached hydrogens (primary N) is 1. The monoisotopic (exact) mass is 989 g/mol. The van der Waals surface area contributed by atoms with E-state index in [9.17, 15) is 43.8 Å². The second-order valence-corrected chi connectivity index (χ2v) is 16.4. The number of phenols is 1. The van der Waals surface area contributed by atoms with Crippen LogP contribution in [0.4, 0.5) is 0 Å². The summed E-state index contributed by atoms with van der Waals surface area (Å²) in [6, 6.07) is 18.5. The minimum atomic E-state index is -1.25. The summed E-state index contributed by atoms with van der Waals surface area (Å²) in [7, 11) is 2.91. The number of hydrogen-bond donors (Lipinski definition) is 9. The molecule has 6 amide bonds. The molecule has 4 aromatic carbocycles. The van der Waals surface area contributed by atoms with Crippen LogP contribution in [0.5, 0.6) is 5.75 Å². The van der Waals surface area contributed by atoms with Crippen molar-refractivity contribution in [3.63, 3.8) is 0 Å². The molecule has 19 heteroatoms. The number of aliphatic imine (C=N–C) groups is 1. The number of aromatic hydroxyl groups is 1. The topological polar surface area (TPSA) is 274 Å². The molecule has 1 aliphatic heterocycles. The van der Waals surface area contributed by atoms with Gasteiger partial charge in [0, 0.05) is 45.6 Å². The SMILES string of the molecule is CN=C(N)NCCC[C@@H]1NC(=O)[C@@H](CCCNC(=O)c2ccc(C(=O)O)cc2)N(C)C(=O)[C@@H](Cc2ccc(O)c(I)c2)NC(=O)CNC(=O)[C@H](Cc2ccc3ccccc3c2)NC1=O. The lowest BCUT2D eigenvalue weighted by Gasteiger charge is -2.32. The van der Waals surface area contributed by atoms with Crippen LogP contribution in [0.25, 0.3) is 10.8 Å². The molecule has 0 bridgehead atoms. The molecule has 1 heterocycles. The maximum atomic E-state index is 14.5. The highest BCUT2D eigenvalue weighted by molar-refractivity contribution is 14.1. The van der Waals surface area contributed by atoms with Gasteiger partial charge in [-0.15, -0.1) is 0 Å². The normalized spacial score (nSPS) is 19.1. The molecule has 1 fully saturated rings. The van der Waals surface area contributed by atoms with E-state index in [0.29, 0.717) is 15.6 Å². The van der Waals surface area contributed by atoms with Crippen molar-refractivity contribution in [3.8, 4) is 5.75 Å². The van der Waals surface area contributed by atoms with Crippen LogP contribution in [-0.2, 0) is 36.8 Å². The number of amides is 6. The number of carboxylic acid groups (broad SMARTS) is 1. The zero-order valence-corrected chi connectivity index (χ0v) is 37.5. The average molecular weight is 990 g/mol. The second-order valence-electron chi connectivity index (χ2n) is 15.3. The van der Waals surface area contributed by atoms with Crippen molar-refractivity contribution in [2.24, 2.45) is 10.7 Å². The summed E-state index contributed by atoms with van der Waals surface area (Å²) in [6.45, 7) is -0.202. The minimum Gasteiger partial charge on any atom is -0.507 e. The fourth-order valence-corrected chi connectivity index (χ4v) is 7.71. The number of benzene rings is 4. The minimum absolute atomic E-state index is 0.00585. The molecule has 0 aliphatic carbocycles. The fraction of sp³-hybridized carbons (Fsp3) is 0.333. The van der Waals surface area contributed by atoms with Gasteiger partial charge < -0.3 is 52.7 Å². The van der Waals surface area contributed by atoms with Gasteiger partial charge in [-0.25, -0.2) is 4.79 Å². The van der Waals surface area contributed by atoms with Gasteiger partial charge in [-0.3, -0.25) is 33.8 Å². The van der Waals surface area contributed by atoms with E-state index in [0.717, 1.165) is 16.3 Å². The van der Waals surface area contributed by atoms with Gasteiger partial charge in [-0.1, -0.05) is 48.5 Å². The number of carbonyl (C=O) groups excluding carboxylic acids is 6. The third kappa shape index (κ3) is 13.6. The average Bonchev–Trinajstić information content (AvgIpc) is 3.28. The number of likely N-dealkylation sites (N-methyl/N-ethyl adjacent to an activating group) is 1. The first-order valence-electron chi connectivity index (χ1n) is 20.6. The predicted molar refractivity (Wildman–Crippen MR) is 247 cm³/mol. The maximum absolute atomic E-state index is 14.5. The molecule has 5 rings (SSSR count). The van der Waals surface area contributed by atoms with Crippen LogP contribution in [0.1, 0.15) is 57.5 Å². The number of nitrogens with zero attached hydrogens (tertiary/aromatic N) is 2. The molecule has 0 saturated carbocycles. The lowest BCUT2D eigenvalue weighted by Crippen LogP contribution is -2.58. The first-order valence-corrected chi connectivity index (χ1v) is 21.7. The van der Waals surface area contributed by atoms with Gasteiger partial charge in [0.25, 0.3) is 5.91 Å². The van der Waals surface area contributed by atoms with Crippen molar-refractivity contribution in [2.45, 2.75) is 62.7 Å². The van der Waals surface area contributed by atoms with Gasteiger partial charge in [-0.05, 0) is 107 Å². The molecular formula is C45H52IN9O9. The number of carboxylic acids is 1. The van der Waals surface area contributed by atoms with Gasteiger partial charge in [0.05, 0.1) is 15.7 Å². The Morgan fingerprint density at radius 3 is 2.09 bits per heavy atom. The first kappa shape index (κ1) is 48.3. The number of rotatable bonds is 14. The Labute approximate surface area is 383 Å². The highest BCUT2D eigenvalue weighted by Crippen LogP contribution is 2.22. The first-order chi connectivity index (χ1) is 30.6. The van der Waals surface area contributed by atoms with Gasteiger partial charge in [0.1, 0.15) is 29.9 Å². The molecule has 4 aromatic rings. The number of nitrogens with one attached hydrogen (secondary N) is 6. The van der Waals surface area contributed by atoms with Crippen molar-refractivity contribution in [1.29, 1.82) is 0 Å². The van der Waals surface area contributed by atoms with E-state index in [1.807, 2.05) is 65.1 Å². The zero-order valence-electron chi connectivity index (χ0n) is 35.4. The van der Waals surface area contributed by atoms with Gasteiger partial charge >= 0.3 is 5.97 Å². The highest BCUT2D eigenvalue weighted by Gasteiger charge is 2.35. The number of carbonyl (C=O) groups is 7. The van der Waals surface area contributed by atoms with Crippen LogP contribution in [-0.4, -0.2) is 120 Å². The molecule has 338 valence electrons. The van der Waals surface area contributed by atoms with E-state index in [1.54, 1.807) is 12.1 Å². The number of halogens is 1. The summed E-state index contributed by atoms with van der Waals surface area (Å²) < 4.78 is 0.504. The molecule has 64 heavy (non-hydrogen) atoms. The molecule has 0 aromatic heterocycles. The third-order valence-corrected chi connectivity index (χ3v) is 11.6. The van der Waals surface area contributed by atoms with E-state index in [4.69, 9.17) is 5.73 Å². The van der Waals surface area contributed by atoms with E-state index in [1.165, 1.54) is 49.3 Å². The van der Waals surface area contributed by atoms with Crippen molar-refractivity contribution < 1.29 is 43.8 Å². The summed E-state index contributed by atoms with van der Waals surface area (Å²) in [5, 5.41) is 37.9. The Balaban J connectivity index is 1.46. The largest absolute Gasteiger partial charge is 0.507 e. The third-order valence-electron chi connectivity index (χ3n) is 10.7. The quantitative estimate of drug-likeness (QED) is 0.0379. The van der Waals surface area contributed by atoms with Crippen LogP contribution in [0.15, 0.2) is 89.9 Å². The van der Waals surface area contributed by atoms with Crippen LogP contribution in [0.3, 0.4) is 0 Å². The molecule has 0 radical (unpaired) electrons. The van der Waals surface area contributed by atoms with E-state index < -0.39 is 72.1 Å². The summed E-state index contributed by atoms with van der Waals surface area (Å²) in [5.74, 6) is -4.85. The number of phenolic OH excluding ortho intramolecular Hbond substituents is 1.